The number of rotatable bonds is 8. The fourth-order valence-electron chi connectivity index (χ4n) is 4.22. The summed E-state index contributed by atoms with van der Waals surface area (Å²) in [4.78, 5) is 11.3. The molecule has 0 saturated carbocycles. The van der Waals surface area contributed by atoms with Gasteiger partial charge in [-0.2, -0.15) is 17.5 Å². The van der Waals surface area contributed by atoms with Crippen LogP contribution < -0.4 is 10.6 Å². The van der Waals surface area contributed by atoms with Crippen molar-refractivity contribution < 1.29 is 13.2 Å². The highest BCUT2D eigenvalue weighted by atomic mass is 32.1. The van der Waals surface area contributed by atoms with Crippen LogP contribution >= 0.6 is 11.5 Å². The number of halogens is 3. The predicted molar refractivity (Wildman–Crippen MR) is 134 cm³/mol. The summed E-state index contributed by atoms with van der Waals surface area (Å²) in [5.74, 6) is -0.567. The van der Waals surface area contributed by atoms with E-state index in [1.54, 1.807) is 0 Å². The second kappa shape index (κ2) is 10.8. The molecule has 0 unspecified atom stereocenters. The number of fused-ring (bicyclic) bond motifs is 1. The van der Waals surface area contributed by atoms with Crippen molar-refractivity contribution in [2.75, 3.05) is 25.5 Å². The molecule has 0 radical (unpaired) electrons. The van der Waals surface area contributed by atoms with Gasteiger partial charge in [-0.1, -0.05) is 19.1 Å². The number of nitrogens with zero attached hydrogens (tertiary/aromatic N) is 5. The molecule has 0 spiro atoms. The lowest BCUT2D eigenvalue weighted by atomic mass is 9.96. The van der Waals surface area contributed by atoms with Crippen molar-refractivity contribution in [3.63, 3.8) is 0 Å². The maximum atomic E-state index is 12.9. The van der Waals surface area contributed by atoms with Crippen molar-refractivity contribution >= 4 is 33.6 Å². The normalized spacial score (nSPS) is 16.5. The van der Waals surface area contributed by atoms with Gasteiger partial charge in [-0.15, -0.1) is 0 Å². The van der Waals surface area contributed by atoms with Crippen LogP contribution in [0.3, 0.4) is 0 Å². The van der Waals surface area contributed by atoms with Crippen LogP contribution in [-0.4, -0.2) is 50.0 Å². The Balaban J connectivity index is 1.49. The highest BCUT2D eigenvalue weighted by Crippen LogP contribution is 2.34. The number of anilines is 2. The van der Waals surface area contributed by atoms with Gasteiger partial charge in [0.05, 0.1) is 29.2 Å². The second-order valence-electron chi connectivity index (χ2n) is 8.67. The molecule has 7 nitrogen and oxygen atoms in total. The van der Waals surface area contributed by atoms with Crippen LogP contribution in [0.25, 0.3) is 11.2 Å². The first kappa shape index (κ1) is 25.2. The quantitative estimate of drug-likeness (QED) is 0.392. The lowest BCUT2D eigenvalue weighted by Crippen LogP contribution is -2.38. The van der Waals surface area contributed by atoms with Gasteiger partial charge in [-0.05, 0) is 56.9 Å². The molecule has 0 amide bonds. The van der Waals surface area contributed by atoms with E-state index >= 15 is 0 Å². The van der Waals surface area contributed by atoms with E-state index in [-0.39, 0.29) is 12.8 Å². The number of likely N-dealkylation sites (tertiary alicyclic amines) is 1. The molecule has 0 aliphatic carbocycles. The molecule has 0 bridgehead atoms. The molecule has 4 heterocycles. The zero-order valence-corrected chi connectivity index (χ0v) is 20.9. The second-order valence-corrected chi connectivity index (χ2v) is 9.47. The average molecular weight is 506 g/mol. The summed E-state index contributed by atoms with van der Waals surface area (Å²) < 4.78 is 45.3. The van der Waals surface area contributed by atoms with E-state index in [2.05, 4.69) is 44.1 Å². The Morgan fingerprint density at radius 1 is 1.29 bits per heavy atom. The Kier molecular flexibility index (Phi) is 7.75. The van der Waals surface area contributed by atoms with Crippen molar-refractivity contribution in [3.05, 3.63) is 53.9 Å². The Bertz CT molecular complexity index is 1200. The minimum absolute atomic E-state index is 0.142. The van der Waals surface area contributed by atoms with Crippen molar-refractivity contribution in [1.29, 1.82) is 0 Å². The smallest absolute Gasteiger partial charge is 0.391 e. The average Bonchev–Trinajstić information content (AvgIpc) is 3.43. The molecule has 1 aliphatic rings. The lowest BCUT2D eigenvalue weighted by Gasteiger charge is -2.32. The van der Waals surface area contributed by atoms with Gasteiger partial charge in [-0.3, -0.25) is 9.30 Å². The first-order chi connectivity index (χ1) is 16.8. The molecule has 1 fully saturated rings. The van der Waals surface area contributed by atoms with Crippen LogP contribution in [0.15, 0.2) is 36.8 Å². The monoisotopic (exact) mass is 505 g/mol. The van der Waals surface area contributed by atoms with E-state index in [1.807, 2.05) is 47.9 Å². The molecule has 3 aromatic heterocycles. The minimum atomic E-state index is -4.10. The SMILES string of the molecule is CC/C=C/C(=C\NC)c1cnc2c(Nc3cc(CN4CCC(C(F)(F)F)CC4)ns3)nc(C)cn12. The zero-order valence-electron chi connectivity index (χ0n) is 20.1. The molecular weight excluding hydrogens is 475 g/mol. The summed E-state index contributed by atoms with van der Waals surface area (Å²) in [6.07, 6.45) is 6.99. The third-order valence-electron chi connectivity index (χ3n) is 5.98. The van der Waals surface area contributed by atoms with E-state index in [0.717, 1.165) is 34.1 Å². The predicted octanol–water partition coefficient (Wildman–Crippen LogP) is 5.54. The van der Waals surface area contributed by atoms with Crippen LogP contribution in [0, 0.1) is 12.8 Å². The lowest BCUT2D eigenvalue weighted by molar-refractivity contribution is -0.185. The summed E-state index contributed by atoms with van der Waals surface area (Å²) in [6.45, 7) is 5.41. The molecule has 3 aromatic rings. The summed E-state index contributed by atoms with van der Waals surface area (Å²) in [5.41, 5.74) is 4.31. The highest BCUT2D eigenvalue weighted by molar-refractivity contribution is 7.10. The Morgan fingerprint density at radius 2 is 2.06 bits per heavy atom. The van der Waals surface area contributed by atoms with E-state index in [0.29, 0.717) is 31.1 Å². The van der Waals surface area contributed by atoms with Crippen molar-refractivity contribution in [2.24, 2.45) is 5.92 Å². The molecule has 1 aliphatic heterocycles. The molecule has 4 rings (SSSR count). The molecule has 0 atom stereocenters. The van der Waals surface area contributed by atoms with Crippen molar-refractivity contribution in [1.82, 2.24) is 29.0 Å². The molecule has 0 aromatic carbocycles. The van der Waals surface area contributed by atoms with Crippen molar-refractivity contribution in [2.45, 2.75) is 45.8 Å². The van der Waals surface area contributed by atoms with Crippen LogP contribution in [0.4, 0.5) is 24.0 Å². The van der Waals surface area contributed by atoms with Gasteiger partial charge in [0.1, 0.15) is 5.00 Å². The molecule has 35 heavy (non-hydrogen) atoms. The van der Waals surface area contributed by atoms with E-state index < -0.39 is 12.1 Å². The fraction of sp³-hybridized carbons (Fsp3) is 0.458. The van der Waals surface area contributed by atoms with E-state index in [1.165, 1.54) is 11.5 Å². The number of piperidine rings is 1. The molecule has 2 N–H and O–H groups in total. The number of aromatic nitrogens is 4. The van der Waals surface area contributed by atoms with Crippen LogP contribution in [-0.2, 0) is 6.54 Å². The maximum absolute atomic E-state index is 12.9. The number of allylic oxidation sites excluding steroid dienone is 3. The van der Waals surface area contributed by atoms with Crippen LogP contribution in [0.5, 0.6) is 0 Å². The van der Waals surface area contributed by atoms with Gasteiger partial charge in [0.2, 0.25) is 0 Å². The largest absolute Gasteiger partial charge is 0.393 e. The van der Waals surface area contributed by atoms with Gasteiger partial charge in [0.25, 0.3) is 0 Å². The number of imidazole rings is 1. The summed E-state index contributed by atoms with van der Waals surface area (Å²) >= 11 is 1.31. The Labute approximate surface area is 206 Å². The number of nitrogens with one attached hydrogen (secondary N) is 2. The van der Waals surface area contributed by atoms with Gasteiger partial charge in [-0.25, -0.2) is 9.97 Å². The van der Waals surface area contributed by atoms with Crippen LogP contribution in [0.2, 0.25) is 0 Å². The van der Waals surface area contributed by atoms with Crippen LogP contribution in [0.1, 0.15) is 43.3 Å². The molecule has 11 heteroatoms. The minimum Gasteiger partial charge on any atom is -0.393 e. The zero-order chi connectivity index (χ0) is 25.0. The van der Waals surface area contributed by atoms with Crippen molar-refractivity contribution in [3.8, 4) is 0 Å². The fourth-order valence-corrected chi connectivity index (χ4v) is 4.88. The summed E-state index contributed by atoms with van der Waals surface area (Å²) in [6, 6.07) is 1.93. The Hall–Kier alpha value is -2.92. The third kappa shape index (κ3) is 6.02. The first-order valence-electron chi connectivity index (χ1n) is 11.7. The molecule has 1 saturated heterocycles. The van der Waals surface area contributed by atoms with E-state index in [9.17, 15) is 13.2 Å². The number of aryl methyl sites for hydroxylation is 1. The van der Waals surface area contributed by atoms with Gasteiger partial charge in [0, 0.05) is 31.6 Å². The molecule has 188 valence electrons. The third-order valence-corrected chi connectivity index (χ3v) is 6.72. The summed E-state index contributed by atoms with van der Waals surface area (Å²) in [7, 11) is 1.86. The Morgan fingerprint density at radius 3 is 2.74 bits per heavy atom. The van der Waals surface area contributed by atoms with Gasteiger partial charge >= 0.3 is 6.18 Å². The van der Waals surface area contributed by atoms with E-state index in [4.69, 9.17) is 0 Å². The standard InChI is InChI=1S/C24H30F3N7S/c1-4-5-6-17(12-28-3)20-13-29-23-22(30-16(2)14-34(20)23)31-21-11-19(32-35-21)15-33-9-7-18(8-10-33)24(25,26)27/h5-6,11-14,18,28H,4,7-10,15H2,1-3H3,(H,30,31)/b6-5+,17-12+. The van der Waals surface area contributed by atoms with Gasteiger partial charge < -0.3 is 10.6 Å². The summed E-state index contributed by atoms with van der Waals surface area (Å²) in [5, 5.41) is 7.25. The number of hydrogen-bond acceptors (Lipinski definition) is 7. The highest BCUT2D eigenvalue weighted by Gasteiger charge is 2.41. The first-order valence-corrected chi connectivity index (χ1v) is 12.5. The molecular formula is C24H30F3N7S. The number of alkyl halides is 3. The maximum Gasteiger partial charge on any atom is 0.391 e. The van der Waals surface area contributed by atoms with Gasteiger partial charge in [0.15, 0.2) is 11.5 Å². The number of hydrogen-bond donors (Lipinski definition) is 2. The topological polar surface area (TPSA) is 70.4 Å².